The van der Waals surface area contributed by atoms with Crippen LogP contribution in [0.15, 0.2) is 40.5 Å². The van der Waals surface area contributed by atoms with Gasteiger partial charge in [0.05, 0.1) is 0 Å². The molecular formula is C20H22ClN7OS2. The number of piperazine rings is 1. The Hall–Kier alpha value is -2.01. The number of nitrogens with zero attached hydrogens (tertiary/aromatic N) is 6. The SMILES string of the molecule is O=S1CCN(c2nc(N3CCNCC3)nc3c(Sc4ccc(Cl)cc4)ncnc23)CC1. The first kappa shape index (κ1) is 20.9. The molecule has 3 aromatic rings. The molecule has 0 amide bonds. The zero-order chi connectivity index (χ0) is 21.2. The molecule has 2 aliphatic heterocycles. The normalized spacial score (nSPS) is 18.0. The molecule has 0 radical (unpaired) electrons. The summed E-state index contributed by atoms with van der Waals surface area (Å²) in [5, 5.41) is 4.86. The summed E-state index contributed by atoms with van der Waals surface area (Å²) in [6.45, 7) is 4.89. The van der Waals surface area contributed by atoms with Gasteiger partial charge >= 0.3 is 0 Å². The van der Waals surface area contributed by atoms with Crippen LogP contribution in [0.4, 0.5) is 11.8 Å². The number of aromatic nitrogens is 4. The van der Waals surface area contributed by atoms with Gasteiger partial charge in [-0.1, -0.05) is 23.4 Å². The molecule has 0 unspecified atom stereocenters. The summed E-state index contributed by atoms with van der Waals surface area (Å²) in [5.41, 5.74) is 1.48. The first-order chi connectivity index (χ1) is 15.2. The van der Waals surface area contributed by atoms with Gasteiger partial charge in [0.15, 0.2) is 5.82 Å². The van der Waals surface area contributed by atoms with Crippen molar-refractivity contribution in [2.24, 2.45) is 0 Å². The number of benzene rings is 1. The molecule has 2 aliphatic rings. The lowest BCUT2D eigenvalue weighted by atomic mass is 10.3. The molecule has 1 aromatic carbocycles. The van der Waals surface area contributed by atoms with E-state index in [1.807, 2.05) is 24.3 Å². The van der Waals surface area contributed by atoms with Crippen LogP contribution in [0.3, 0.4) is 0 Å². The Kier molecular flexibility index (Phi) is 6.22. The third-order valence-corrected chi connectivity index (χ3v) is 7.85. The van der Waals surface area contributed by atoms with E-state index < -0.39 is 10.8 Å². The van der Waals surface area contributed by atoms with Crippen LogP contribution in [0.2, 0.25) is 5.02 Å². The fourth-order valence-corrected chi connectivity index (χ4v) is 5.68. The monoisotopic (exact) mass is 475 g/mol. The van der Waals surface area contributed by atoms with E-state index in [-0.39, 0.29) is 0 Å². The molecule has 8 nitrogen and oxygen atoms in total. The second-order valence-corrected chi connectivity index (χ2v) is 10.5. The van der Waals surface area contributed by atoms with Crippen molar-refractivity contribution < 1.29 is 4.21 Å². The van der Waals surface area contributed by atoms with E-state index in [0.717, 1.165) is 53.0 Å². The first-order valence-electron chi connectivity index (χ1n) is 10.2. The second-order valence-electron chi connectivity index (χ2n) is 7.35. The van der Waals surface area contributed by atoms with Crippen molar-refractivity contribution in [1.29, 1.82) is 0 Å². The maximum Gasteiger partial charge on any atom is 0.228 e. The van der Waals surface area contributed by atoms with Gasteiger partial charge in [-0.25, -0.2) is 15.0 Å². The zero-order valence-corrected chi connectivity index (χ0v) is 19.2. The van der Waals surface area contributed by atoms with E-state index in [1.54, 1.807) is 6.33 Å². The van der Waals surface area contributed by atoms with Gasteiger partial charge in [0, 0.05) is 71.5 Å². The third-order valence-electron chi connectivity index (χ3n) is 5.32. The standard InChI is InChI=1S/C20H22ClN7OS2/c21-14-1-3-15(4-2-14)30-19-17-16(23-13-24-19)18(27-9-11-31(29)12-10-27)26-20(25-17)28-7-5-22-6-8-28/h1-4,13,22H,5-12H2. The molecule has 0 saturated carbocycles. The Labute approximate surface area is 192 Å². The maximum atomic E-state index is 11.9. The maximum absolute atomic E-state index is 11.9. The smallest absolute Gasteiger partial charge is 0.228 e. The van der Waals surface area contributed by atoms with E-state index in [2.05, 4.69) is 25.1 Å². The molecule has 1 N–H and O–H groups in total. The number of nitrogens with one attached hydrogen (secondary N) is 1. The number of rotatable bonds is 4. The second kappa shape index (κ2) is 9.23. The van der Waals surface area contributed by atoms with Crippen LogP contribution in [0.1, 0.15) is 0 Å². The van der Waals surface area contributed by atoms with E-state index in [0.29, 0.717) is 35.6 Å². The van der Waals surface area contributed by atoms with Gasteiger partial charge in [-0.3, -0.25) is 4.21 Å². The molecule has 0 aliphatic carbocycles. The highest BCUT2D eigenvalue weighted by Gasteiger charge is 2.24. The number of fused-ring (bicyclic) bond motifs is 1. The molecule has 0 bridgehead atoms. The van der Waals surface area contributed by atoms with Crippen LogP contribution >= 0.6 is 23.4 Å². The van der Waals surface area contributed by atoms with Crippen LogP contribution in [0, 0.1) is 0 Å². The van der Waals surface area contributed by atoms with Crippen LogP contribution in [0.25, 0.3) is 11.0 Å². The molecule has 5 rings (SSSR count). The average molecular weight is 476 g/mol. The van der Waals surface area contributed by atoms with Gasteiger partial charge in [0.1, 0.15) is 22.4 Å². The highest BCUT2D eigenvalue weighted by molar-refractivity contribution is 7.99. The topological polar surface area (TPSA) is 87.1 Å². The summed E-state index contributed by atoms with van der Waals surface area (Å²) in [7, 11) is -0.762. The Morgan fingerprint density at radius 2 is 1.68 bits per heavy atom. The van der Waals surface area contributed by atoms with Gasteiger partial charge in [-0.2, -0.15) is 4.98 Å². The van der Waals surface area contributed by atoms with Crippen molar-refractivity contribution in [3.8, 4) is 0 Å². The lowest BCUT2D eigenvalue weighted by Crippen LogP contribution is -2.44. The minimum Gasteiger partial charge on any atom is -0.353 e. The molecule has 2 saturated heterocycles. The summed E-state index contributed by atoms with van der Waals surface area (Å²) < 4.78 is 11.9. The van der Waals surface area contributed by atoms with Crippen molar-refractivity contribution in [2.75, 3.05) is 60.6 Å². The quantitative estimate of drug-likeness (QED) is 0.570. The third kappa shape index (κ3) is 4.62. The van der Waals surface area contributed by atoms with E-state index in [9.17, 15) is 4.21 Å². The highest BCUT2D eigenvalue weighted by Crippen LogP contribution is 2.34. The van der Waals surface area contributed by atoms with E-state index in [4.69, 9.17) is 21.6 Å². The summed E-state index contributed by atoms with van der Waals surface area (Å²) >= 11 is 7.58. The fraction of sp³-hybridized carbons (Fsp3) is 0.400. The summed E-state index contributed by atoms with van der Waals surface area (Å²) in [6, 6.07) is 7.68. The lowest BCUT2D eigenvalue weighted by Gasteiger charge is -2.31. The van der Waals surface area contributed by atoms with Crippen molar-refractivity contribution in [1.82, 2.24) is 25.3 Å². The number of hydrogen-bond acceptors (Lipinski definition) is 9. The predicted octanol–water partition coefficient (Wildman–Crippen LogP) is 2.20. The van der Waals surface area contributed by atoms with E-state index >= 15 is 0 Å². The fourth-order valence-electron chi connectivity index (χ4n) is 3.67. The minimum atomic E-state index is -0.762. The summed E-state index contributed by atoms with van der Waals surface area (Å²) in [4.78, 5) is 24.4. The lowest BCUT2D eigenvalue weighted by molar-refractivity contribution is 0.580. The molecule has 2 aromatic heterocycles. The minimum absolute atomic E-state index is 0.645. The zero-order valence-electron chi connectivity index (χ0n) is 16.8. The van der Waals surface area contributed by atoms with Crippen molar-refractivity contribution in [3.63, 3.8) is 0 Å². The first-order valence-corrected chi connectivity index (χ1v) is 12.9. The Balaban J connectivity index is 1.60. The summed E-state index contributed by atoms with van der Waals surface area (Å²) in [6.07, 6.45) is 1.57. The van der Waals surface area contributed by atoms with Gasteiger partial charge in [0.2, 0.25) is 5.95 Å². The predicted molar refractivity (Wildman–Crippen MR) is 126 cm³/mol. The Morgan fingerprint density at radius 3 is 2.42 bits per heavy atom. The van der Waals surface area contributed by atoms with Crippen molar-refractivity contribution in [2.45, 2.75) is 9.92 Å². The molecule has 31 heavy (non-hydrogen) atoms. The van der Waals surface area contributed by atoms with Crippen molar-refractivity contribution in [3.05, 3.63) is 35.6 Å². The van der Waals surface area contributed by atoms with Crippen LogP contribution in [0.5, 0.6) is 0 Å². The summed E-state index contributed by atoms with van der Waals surface area (Å²) in [5.74, 6) is 2.79. The Bertz CT molecular complexity index is 1100. The van der Waals surface area contributed by atoms with Gasteiger partial charge in [-0.05, 0) is 24.3 Å². The highest BCUT2D eigenvalue weighted by atomic mass is 35.5. The molecule has 162 valence electrons. The molecule has 0 spiro atoms. The van der Waals surface area contributed by atoms with Crippen molar-refractivity contribution >= 4 is 57.0 Å². The molecule has 0 atom stereocenters. The number of halogens is 1. The number of anilines is 2. The molecular weight excluding hydrogens is 454 g/mol. The van der Waals surface area contributed by atoms with E-state index in [1.165, 1.54) is 11.8 Å². The molecule has 11 heteroatoms. The Morgan fingerprint density at radius 1 is 0.935 bits per heavy atom. The molecule has 4 heterocycles. The van der Waals surface area contributed by atoms with Crippen LogP contribution in [-0.2, 0) is 10.8 Å². The van der Waals surface area contributed by atoms with Gasteiger partial charge in [0.25, 0.3) is 0 Å². The largest absolute Gasteiger partial charge is 0.353 e. The number of hydrogen-bond donors (Lipinski definition) is 1. The van der Waals surface area contributed by atoms with Crippen LogP contribution in [-0.4, -0.2) is 74.9 Å². The van der Waals surface area contributed by atoms with Gasteiger partial charge in [-0.15, -0.1) is 0 Å². The molecule has 2 fully saturated rings. The average Bonchev–Trinajstić information content (AvgIpc) is 2.81. The van der Waals surface area contributed by atoms with Crippen LogP contribution < -0.4 is 15.1 Å². The van der Waals surface area contributed by atoms with Gasteiger partial charge < -0.3 is 15.1 Å².